The summed E-state index contributed by atoms with van der Waals surface area (Å²) in [6, 6.07) is 17.0. The van der Waals surface area contributed by atoms with Crippen LogP contribution in [0.15, 0.2) is 72.9 Å². The molecule has 1 saturated heterocycles. The van der Waals surface area contributed by atoms with E-state index in [2.05, 4.69) is 10.3 Å². The number of alkyl halides is 3. The summed E-state index contributed by atoms with van der Waals surface area (Å²) in [5.74, 6) is -0.317. The zero-order valence-electron chi connectivity index (χ0n) is 20.3. The molecule has 3 heterocycles. The van der Waals surface area contributed by atoms with Gasteiger partial charge in [0.25, 0.3) is 0 Å². The lowest BCUT2D eigenvalue weighted by molar-refractivity contribution is -0.137. The Bertz CT molecular complexity index is 1480. The number of benzene rings is 2. The molecule has 4 nitrogen and oxygen atoms in total. The Morgan fingerprint density at radius 2 is 1.70 bits per heavy atom. The van der Waals surface area contributed by atoms with Crippen molar-refractivity contribution in [1.82, 2.24) is 14.9 Å². The van der Waals surface area contributed by atoms with Crippen molar-refractivity contribution in [2.75, 3.05) is 4.90 Å². The molecule has 1 N–H and O–H groups in total. The maximum Gasteiger partial charge on any atom is 0.416 e. The number of nitrogens with one attached hydrogen (secondary N) is 1. The molecule has 1 fully saturated rings. The second kappa shape index (κ2) is 9.30. The monoisotopic (exact) mass is 524 g/mol. The van der Waals surface area contributed by atoms with Gasteiger partial charge in [-0.3, -0.25) is 4.98 Å². The number of aryl methyl sites for hydroxylation is 2. The van der Waals surface area contributed by atoms with E-state index >= 15 is 0 Å². The first-order valence-electron chi connectivity index (χ1n) is 11.7. The second-order valence-corrected chi connectivity index (χ2v) is 9.53. The quantitative estimate of drug-likeness (QED) is 0.227. The number of halogens is 4. The molecule has 0 amide bonds. The van der Waals surface area contributed by atoms with Gasteiger partial charge in [-0.05, 0) is 98.7 Å². The highest BCUT2D eigenvalue weighted by Gasteiger charge is 2.42. The first-order valence-corrected chi connectivity index (χ1v) is 12.1. The summed E-state index contributed by atoms with van der Waals surface area (Å²) < 4.78 is 56.3. The average molecular weight is 525 g/mol. The Hall–Kier alpha value is -3.72. The molecule has 190 valence electrons. The van der Waals surface area contributed by atoms with E-state index in [0.29, 0.717) is 22.1 Å². The van der Waals surface area contributed by atoms with E-state index in [1.807, 2.05) is 47.6 Å². The summed E-state index contributed by atoms with van der Waals surface area (Å²) in [5.41, 5.74) is 4.09. The Morgan fingerprint density at radius 3 is 2.38 bits per heavy atom. The number of aromatic nitrogens is 2. The topological polar surface area (TPSA) is 33.1 Å². The normalized spacial score (nSPS) is 17.8. The first-order chi connectivity index (χ1) is 17.6. The number of pyridine rings is 1. The van der Waals surface area contributed by atoms with Crippen LogP contribution in [0.1, 0.15) is 45.9 Å². The third-order valence-corrected chi connectivity index (χ3v) is 7.05. The fourth-order valence-corrected chi connectivity index (χ4v) is 5.38. The molecule has 2 aromatic carbocycles. The largest absolute Gasteiger partial charge is 0.416 e. The number of hydrogen-bond donors (Lipinski definition) is 1. The van der Waals surface area contributed by atoms with Crippen LogP contribution in [0.4, 0.5) is 23.2 Å². The van der Waals surface area contributed by atoms with Crippen LogP contribution in [-0.2, 0) is 6.18 Å². The van der Waals surface area contributed by atoms with Gasteiger partial charge in [-0.25, -0.2) is 4.39 Å². The van der Waals surface area contributed by atoms with Gasteiger partial charge >= 0.3 is 6.18 Å². The standard InChI is InChI=1S/C28H24F4N4S/c1-16-13-21(10-11-23(16)29)36-26(25(34-27(36)37)24-9-4-5-12-33-24)22-14-17(2)35(18(22)3)20-8-6-7-19(15-20)28(30,31)32/h4-15,25-26H,1-3H3,(H,34,37). The van der Waals surface area contributed by atoms with Crippen LogP contribution in [0.3, 0.4) is 0 Å². The van der Waals surface area contributed by atoms with E-state index < -0.39 is 11.7 Å². The first kappa shape index (κ1) is 25.0. The molecule has 0 saturated carbocycles. The van der Waals surface area contributed by atoms with Crippen LogP contribution in [-0.4, -0.2) is 14.7 Å². The lowest BCUT2D eigenvalue weighted by Crippen LogP contribution is -2.29. The third-order valence-electron chi connectivity index (χ3n) is 6.74. The van der Waals surface area contributed by atoms with E-state index in [1.165, 1.54) is 12.1 Å². The van der Waals surface area contributed by atoms with E-state index in [1.54, 1.807) is 31.3 Å². The van der Waals surface area contributed by atoms with E-state index in [4.69, 9.17) is 12.2 Å². The van der Waals surface area contributed by atoms with Gasteiger partial charge in [-0.2, -0.15) is 13.2 Å². The predicted molar refractivity (Wildman–Crippen MR) is 139 cm³/mol. The maximum atomic E-state index is 14.1. The number of hydrogen-bond acceptors (Lipinski definition) is 2. The Labute approximate surface area is 217 Å². The lowest BCUT2D eigenvalue weighted by atomic mass is 9.96. The summed E-state index contributed by atoms with van der Waals surface area (Å²) >= 11 is 5.75. The van der Waals surface area contributed by atoms with E-state index in [-0.39, 0.29) is 17.9 Å². The maximum absolute atomic E-state index is 14.1. The van der Waals surface area contributed by atoms with Gasteiger partial charge in [0.15, 0.2) is 5.11 Å². The van der Waals surface area contributed by atoms with Crippen molar-refractivity contribution in [2.24, 2.45) is 0 Å². The molecular formula is C28H24F4N4S. The second-order valence-electron chi connectivity index (χ2n) is 9.14. The fourth-order valence-electron chi connectivity index (χ4n) is 5.03. The van der Waals surface area contributed by atoms with Crippen molar-refractivity contribution in [3.05, 3.63) is 113 Å². The summed E-state index contributed by atoms with van der Waals surface area (Å²) in [5, 5.41) is 3.82. The molecule has 9 heteroatoms. The minimum atomic E-state index is -4.45. The highest BCUT2D eigenvalue weighted by Crippen LogP contribution is 2.44. The molecule has 0 radical (unpaired) electrons. The fraction of sp³-hybridized carbons (Fsp3) is 0.214. The lowest BCUT2D eigenvalue weighted by Gasteiger charge is -2.28. The highest BCUT2D eigenvalue weighted by atomic mass is 32.1. The van der Waals surface area contributed by atoms with Crippen molar-refractivity contribution in [3.8, 4) is 5.69 Å². The van der Waals surface area contributed by atoms with Gasteiger partial charge in [0.2, 0.25) is 0 Å². The molecule has 0 aliphatic carbocycles. The minimum absolute atomic E-state index is 0.317. The van der Waals surface area contributed by atoms with Crippen molar-refractivity contribution in [2.45, 2.75) is 39.0 Å². The molecule has 4 aromatic rings. The summed E-state index contributed by atoms with van der Waals surface area (Å²) in [4.78, 5) is 6.48. The molecule has 37 heavy (non-hydrogen) atoms. The molecule has 1 aliphatic heterocycles. The molecule has 2 unspecified atom stereocenters. The van der Waals surface area contributed by atoms with E-state index in [9.17, 15) is 17.6 Å². The number of nitrogens with zero attached hydrogens (tertiary/aromatic N) is 3. The predicted octanol–water partition coefficient (Wildman–Crippen LogP) is 7.13. The zero-order valence-corrected chi connectivity index (χ0v) is 21.2. The average Bonchev–Trinajstić information content (AvgIpc) is 3.36. The van der Waals surface area contributed by atoms with Gasteiger partial charge in [0, 0.05) is 29.0 Å². The molecule has 2 aromatic heterocycles. The van der Waals surface area contributed by atoms with Gasteiger partial charge in [0.05, 0.1) is 23.3 Å². The number of anilines is 1. The van der Waals surface area contributed by atoms with Gasteiger partial charge in [-0.15, -0.1) is 0 Å². The third kappa shape index (κ3) is 4.48. The molecule has 0 bridgehead atoms. The van der Waals surface area contributed by atoms with Crippen molar-refractivity contribution < 1.29 is 17.6 Å². The number of rotatable bonds is 4. The Balaban J connectivity index is 1.68. The zero-order chi connectivity index (χ0) is 26.5. The minimum Gasteiger partial charge on any atom is -0.351 e. The molecule has 1 aliphatic rings. The molecular weight excluding hydrogens is 500 g/mol. The molecule has 5 rings (SSSR count). The van der Waals surface area contributed by atoms with Crippen molar-refractivity contribution >= 4 is 23.0 Å². The Kier molecular flexibility index (Phi) is 6.27. The van der Waals surface area contributed by atoms with Gasteiger partial charge < -0.3 is 14.8 Å². The smallest absolute Gasteiger partial charge is 0.351 e. The molecule has 0 spiro atoms. The number of thiocarbonyl (C=S) groups is 1. The van der Waals surface area contributed by atoms with Gasteiger partial charge in [0.1, 0.15) is 5.82 Å². The van der Waals surface area contributed by atoms with Crippen LogP contribution in [0.25, 0.3) is 5.69 Å². The van der Waals surface area contributed by atoms with Gasteiger partial charge in [-0.1, -0.05) is 12.1 Å². The summed E-state index contributed by atoms with van der Waals surface area (Å²) in [6.07, 6.45) is -2.75. The van der Waals surface area contributed by atoms with Crippen molar-refractivity contribution in [1.29, 1.82) is 0 Å². The van der Waals surface area contributed by atoms with Crippen LogP contribution in [0, 0.1) is 26.6 Å². The SMILES string of the molecule is Cc1cc(N2C(=S)NC(c3ccccn3)C2c2cc(C)n(-c3cccc(C(F)(F)F)c3)c2C)ccc1F. The van der Waals surface area contributed by atoms with Crippen LogP contribution >= 0.6 is 12.2 Å². The highest BCUT2D eigenvalue weighted by molar-refractivity contribution is 7.80. The van der Waals surface area contributed by atoms with Crippen molar-refractivity contribution in [3.63, 3.8) is 0 Å². The van der Waals surface area contributed by atoms with E-state index in [0.717, 1.165) is 34.8 Å². The van der Waals surface area contributed by atoms with Crippen LogP contribution in [0.2, 0.25) is 0 Å². The van der Waals surface area contributed by atoms with Crippen LogP contribution in [0.5, 0.6) is 0 Å². The Morgan fingerprint density at radius 1 is 0.919 bits per heavy atom. The molecule has 2 atom stereocenters. The summed E-state index contributed by atoms with van der Waals surface area (Å²) in [6.45, 7) is 5.43. The van der Waals surface area contributed by atoms with Crippen LogP contribution < -0.4 is 10.2 Å². The summed E-state index contributed by atoms with van der Waals surface area (Å²) in [7, 11) is 0.